The molecule has 0 aromatic carbocycles. The second-order valence-electron chi connectivity index (χ2n) is 5.95. The molecule has 26 heavy (non-hydrogen) atoms. The Kier molecular flexibility index (Phi) is 5.70. The van der Waals surface area contributed by atoms with E-state index in [-0.39, 0.29) is 0 Å². The maximum absolute atomic E-state index is 12.4. The average Bonchev–Trinajstić information content (AvgIpc) is 2.62. The number of piperazine rings is 1. The fourth-order valence-corrected chi connectivity index (χ4v) is 3.26. The van der Waals surface area contributed by atoms with E-state index in [1.54, 1.807) is 0 Å². The maximum atomic E-state index is 12.4. The Morgan fingerprint density at radius 2 is 1.85 bits per heavy atom. The molecule has 1 aliphatic rings. The number of aryl methyl sites for hydroxylation is 1. The second-order valence-corrected chi connectivity index (χ2v) is 6.73. The Balaban J connectivity index is 1.68. The van der Waals surface area contributed by atoms with Crippen molar-refractivity contribution in [2.24, 2.45) is 0 Å². The van der Waals surface area contributed by atoms with Crippen molar-refractivity contribution in [3.05, 3.63) is 34.4 Å². The molecule has 0 saturated carbocycles. The van der Waals surface area contributed by atoms with Gasteiger partial charge < -0.3 is 9.80 Å². The van der Waals surface area contributed by atoms with E-state index in [0.717, 1.165) is 34.4 Å². The first-order valence-electron chi connectivity index (χ1n) is 8.21. The van der Waals surface area contributed by atoms with Crippen molar-refractivity contribution >= 4 is 23.3 Å². The quantitative estimate of drug-likeness (QED) is 0.575. The van der Waals surface area contributed by atoms with E-state index in [1.807, 2.05) is 24.1 Å². The van der Waals surface area contributed by atoms with Gasteiger partial charge in [-0.05, 0) is 13.2 Å². The third kappa shape index (κ3) is 4.29. The molecule has 0 N–H and O–H groups in total. The van der Waals surface area contributed by atoms with E-state index in [4.69, 9.17) is 0 Å². The van der Waals surface area contributed by atoms with Crippen LogP contribution in [0.25, 0.3) is 0 Å². The molecule has 0 atom stereocenters. The number of alkyl halides is 2. The molecular weight excluding hydrogens is 362 g/mol. The minimum atomic E-state index is -2.60. The van der Waals surface area contributed by atoms with Crippen LogP contribution in [0.3, 0.4) is 0 Å². The summed E-state index contributed by atoms with van der Waals surface area (Å²) in [5, 5.41) is 4.60. The minimum absolute atomic E-state index is 0.513. The van der Waals surface area contributed by atoms with Gasteiger partial charge >= 0.3 is 0 Å². The van der Waals surface area contributed by atoms with E-state index < -0.39 is 18.5 Å². The summed E-state index contributed by atoms with van der Waals surface area (Å²) in [6, 6.07) is 3.33. The zero-order chi connectivity index (χ0) is 18.7. The van der Waals surface area contributed by atoms with E-state index in [0.29, 0.717) is 18.8 Å². The molecule has 0 spiro atoms. The summed E-state index contributed by atoms with van der Waals surface area (Å²) >= 11 is 1.51. The molecule has 3 rings (SSSR count). The lowest BCUT2D eigenvalue weighted by Crippen LogP contribution is -2.47. The first-order valence-corrected chi connectivity index (χ1v) is 9.43. The van der Waals surface area contributed by atoms with Crippen LogP contribution in [-0.2, 0) is 6.54 Å². The van der Waals surface area contributed by atoms with Crippen LogP contribution < -0.4 is 15.4 Å². The van der Waals surface area contributed by atoms with Gasteiger partial charge in [0.25, 0.3) is 12.0 Å². The third-order valence-corrected chi connectivity index (χ3v) is 4.69. The zero-order valence-corrected chi connectivity index (χ0v) is 15.4. The lowest BCUT2D eigenvalue weighted by Gasteiger charge is -2.36. The fourth-order valence-electron chi connectivity index (χ4n) is 2.84. The van der Waals surface area contributed by atoms with E-state index in [2.05, 4.69) is 20.0 Å². The maximum Gasteiger partial charge on any atom is 0.269 e. The van der Waals surface area contributed by atoms with Crippen molar-refractivity contribution in [1.82, 2.24) is 19.7 Å². The number of hydrogen-bond donors (Lipinski definition) is 0. The average molecular weight is 382 g/mol. The summed E-state index contributed by atoms with van der Waals surface area (Å²) in [6.07, 6.45) is 0.817. The lowest BCUT2D eigenvalue weighted by molar-refractivity contribution is 0.119. The van der Waals surface area contributed by atoms with Crippen LogP contribution in [0.2, 0.25) is 0 Å². The van der Waals surface area contributed by atoms with Gasteiger partial charge in [-0.2, -0.15) is 5.10 Å². The van der Waals surface area contributed by atoms with Gasteiger partial charge in [0.2, 0.25) is 0 Å². The smallest absolute Gasteiger partial charge is 0.269 e. The van der Waals surface area contributed by atoms with Crippen LogP contribution in [0.4, 0.5) is 20.3 Å². The molecule has 140 valence electrons. The van der Waals surface area contributed by atoms with Crippen LogP contribution >= 0.6 is 11.8 Å². The predicted octanol–water partition coefficient (Wildman–Crippen LogP) is 1.66. The highest BCUT2D eigenvalue weighted by molar-refractivity contribution is 7.98. The topological polar surface area (TPSA) is 67.2 Å². The summed E-state index contributed by atoms with van der Waals surface area (Å²) in [5.74, 6) is 0.895. The van der Waals surface area contributed by atoms with Crippen molar-refractivity contribution in [2.45, 2.75) is 25.1 Å². The third-order valence-electron chi connectivity index (χ3n) is 4.14. The number of aromatic nitrogens is 4. The number of thioether (sulfide) groups is 1. The predicted molar refractivity (Wildman–Crippen MR) is 97.5 cm³/mol. The molecular formula is C16H20F2N6OS. The summed E-state index contributed by atoms with van der Waals surface area (Å²) < 4.78 is 25.6. The Morgan fingerprint density at radius 1 is 1.15 bits per heavy atom. The molecule has 3 heterocycles. The molecule has 0 aliphatic carbocycles. The molecule has 0 amide bonds. The summed E-state index contributed by atoms with van der Waals surface area (Å²) in [6.45, 7) is 4.13. The monoisotopic (exact) mass is 382 g/mol. The number of anilines is 2. The largest absolute Gasteiger partial charge is 0.367 e. The number of hydrogen-bond acceptors (Lipinski definition) is 7. The fraction of sp³-hybridized carbons (Fsp3) is 0.500. The molecule has 2 aromatic heterocycles. The SMILES string of the molecule is CSc1nc(C)cc(N2CCN(c3cnn(CC(F)F)c(=O)c3)CC2)n1. The molecule has 1 saturated heterocycles. The summed E-state index contributed by atoms with van der Waals surface area (Å²) in [7, 11) is 0. The minimum Gasteiger partial charge on any atom is -0.367 e. The molecule has 0 bridgehead atoms. The lowest BCUT2D eigenvalue weighted by atomic mass is 10.2. The molecule has 1 fully saturated rings. The van der Waals surface area contributed by atoms with Crippen molar-refractivity contribution in [2.75, 3.05) is 42.2 Å². The van der Waals surface area contributed by atoms with Crippen molar-refractivity contribution in [3.8, 4) is 0 Å². The molecule has 0 unspecified atom stereocenters. The Morgan fingerprint density at radius 3 is 2.46 bits per heavy atom. The summed E-state index contributed by atoms with van der Waals surface area (Å²) in [5.41, 5.74) is 1.07. The van der Waals surface area contributed by atoms with Gasteiger partial charge in [0.05, 0.1) is 11.9 Å². The number of nitrogens with zero attached hydrogens (tertiary/aromatic N) is 6. The van der Waals surface area contributed by atoms with Crippen molar-refractivity contribution < 1.29 is 8.78 Å². The van der Waals surface area contributed by atoms with E-state index >= 15 is 0 Å². The van der Waals surface area contributed by atoms with Gasteiger partial charge in [-0.3, -0.25) is 4.79 Å². The van der Waals surface area contributed by atoms with Crippen LogP contribution in [-0.4, -0.2) is 58.6 Å². The van der Waals surface area contributed by atoms with Crippen LogP contribution in [0.1, 0.15) is 5.69 Å². The van der Waals surface area contributed by atoms with Crippen molar-refractivity contribution in [3.63, 3.8) is 0 Å². The first-order chi connectivity index (χ1) is 12.5. The summed E-state index contributed by atoms with van der Waals surface area (Å²) in [4.78, 5) is 25.0. The van der Waals surface area contributed by atoms with E-state index in [9.17, 15) is 13.6 Å². The molecule has 10 heteroatoms. The Hall–Kier alpha value is -2.23. The van der Waals surface area contributed by atoms with Crippen LogP contribution in [0.5, 0.6) is 0 Å². The van der Waals surface area contributed by atoms with Crippen molar-refractivity contribution in [1.29, 1.82) is 0 Å². The molecule has 0 radical (unpaired) electrons. The molecule has 2 aromatic rings. The second kappa shape index (κ2) is 7.98. The van der Waals surface area contributed by atoms with Gasteiger partial charge in [-0.1, -0.05) is 11.8 Å². The van der Waals surface area contributed by atoms with Gasteiger partial charge in [0, 0.05) is 44.0 Å². The normalized spacial score (nSPS) is 15.0. The van der Waals surface area contributed by atoms with Crippen LogP contribution in [0.15, 0.2) is 28.3 Å². The number of rotatable bonds is 5. The van der Waals surface area contributed by atoms with Gasteiger partial charge in [-0.15, -0.1) is 0 Å². The molecule has 7 nitrogen and oxygen atoms in total. The van der Waals surface area contributed by atoms with E-state index in [1.165, 1.54) is 24.0 Å². The molecule has 1 aliphatic heterocycles. The highest BCUT2D eigenvalue weighted by Crippen LogP contribution is 2.20. The highest BCUT2D eigenvalue weighted by atomic mass is 32.2. The first kappa shape index (κ1) is 18.6. The Labute approximate surface area is 154 Å². The number of halogens is 2. The van der Waals surface area contributed by atoms with Gasteiger partial charge in [0.15, 0.2) is 5.16 Å². The van der Waals surface area contributed by atoms with Gasteiger partial charge in [0.1, 0.15) is 12.4 Å². The highest BCUT2D eigenvalue weighted by Gasteiger charge is 2.20. The zero-order valence-electron chi connectivity index (χ0n) is 14.6. The standard InChI is InChI=1S/C16H20F2N6OS/c1-11-7-14(21-16(20-11)26-2)23-5-3-22(4-6-23)12-8-15(25)24(19-9-12)10-13(17)18/h7-9,13H,3-6,10H2,1-2H3. The van der Waals surface area contributed by atoms with Gasteiger partial charge in [-0.25, -0.2) is 23.4 Å². The van der Waals surface area contributed by atoms with Crippen LogP contribution in [0, 0.1) is 6.92 Å². The Bertz CT molecular complexity index is 823.